The van der Waals surface area contributed by atoms with Crippen molar-refractivity contribution >= 4 is 0 Å². The summed E-state index contributed by atoms with van der Waals surface area (Å²) in [5.74, 6) is 0. The van der Waals surface area contributed by atoms with E-state index < -0.39 is 0 Å². The summed E-state index contributed by atoms with van der Waals surface area (Å²) in [6.45, 7) is 9.01. The zero-order chi connectivity index (χ0) is 12.4. The first-order valence-corrected chi connectivity index (χ1v) is 7.37. The maximum Gasteiger partial charge on any atom is 0.0641 e. The molecule has 1 unspecified atom stereocenters. The summed E-state index contributed by atoms with van der Waals surface area (Å²) in [4.78, 5) is 0. The van der Waals surface area contributed by atoms with E-state index in [0.29, 0.717) is 11.5 Å². The van der Waals surface area contributed by atoms with Gasteiger partial charge in [0.1, 0.15) is 0 Å². The van der Waals surface area contributed by atoms with E-state index in [0.717, 1.165) is 13.0 Å². The summed E-state index contributed by atoms with van der Waals surface area (Å²) in [5, 5.41) is 3.81. The van der Waals surface area contributed by atoms with E-state index in [9.17, 15) is 0 Å². The van der Waals surface area contributed by atoms with Crippen LogP contribution in [0.4, 0.5) is 0 Å². The Morgan fingerprint density at radius 3 is 2.47 bits per heavy atom. The van der Waals surface area contributed by atoms with Crippen LogP contribution in [0, 0.1) is 5.41 Å². The van der Waals surface area contributed by atoms with E-state index in [1.54, 1.807) is 0 Å². The van der Waals surface area contributed by atoms with Crippen molar-refractivity contribution in [3.63, 3.8) is 0 Å². The Morgan fingerprint density at radius 2 is 1.82 bits per heavy atom. The highest BCUT2D eigenvalue weighted by Gasteiger charge is 2.31. The standard InChI is InChI=1S/C15H29NO/c1-14(2)11-13(7-10-17-14)16-12-15(3)8-5-4-6-9-15/h13,16H,4-12H2,1-3H3. The summed E-state index contributed by atoms with van der Waals surface area (Å²) < 4.78 is 5.77. The Labute approximate surface area is 107 Å². The molecule has 2 nitrogen and oxygen atoms in total. The van der Waals surface area contributed by atoms with Gasteiger partial charge in [-0.3, -0.25) is 0 Å². The monoisotopic (exact) mass is 239 g/mol. The first-order valence-electron chi connectivity index (χ1n) is 7.37. The Kier molecular flexibility index (Phi) is 4.14. The zero-order valence-electron chi connectivity index (χ0n) is 11.8. The lowest BCUT2D eigenvalue weighted by atomic mass is 9.75. The number of nitrogens with one attached hydrogen (secondary N) is 1. The first kappa shape index (κ1) is 13.4. The largest absolute Gasteiger partial charge is 0.375 e. The highest BCUT2D eigenvalue weighted by atomic mass is 16.5. The number of hydrogen-bond acceptors (Lipinski definition) is 2. The molecule has 1 saturated heterocycles. The van der Waals surface area contributed by atoms with E-state index in [2.05, 4.69) is 26.1 Å². The van der Waals surface area contributed by atoms with Crippen LogP contribution in [0.25, 0.3) is 0 Å². The minimum Gasteiger partial charge on any atom is -0.375 e. The fourth-order valence-electron chi connectivity index (χ4n) is 3.38. The molecule has 0 spiro atoms. The molecule has 100 valence electrons. The van der Waals surface area contributed by atoms with Crippen molar-refractivity contribution in [2.75, 3.05) is 13.2 Å². The molecule has 1 heterocycles. The van der Waals surface area contributed by atoms with Crippen molar-refractivity contribution in [3.8, 4) is 0 Å². The molecule has 2 rings (SSSR count). The second-order valence-electron chi connectivity index (χ2n) is 7.05. The average molecular weight is 239 g/mol. The van der Waals surface area contributed by atoms with Crippen LogP contribution in [0.1, 0.15) is 65.7 Å². The molecule has 2 aliphatic rings. The third kappa shape index (κ3) is 3.96. The van der Waals surface area contributed by atoms with Crippen molar-refractivity contribution in [2.24, 2.45) is 5.41 Å². The Balaban J connectivity index is 1.77. The van der Waals surface area contributed by atoms with Crippen molar-refractivity contribution in [1.29, 1.82) is 0 Å². The molecule has 17 heavy (non-hydrogen) atoms. The first-order chi connectivity index (χ1) is 7.99. The molecule has 0 aromatic heterocycles. The Bertz CT molecular complexity index is 243. The number of rotatable bonds is 3. The predicted molar refractivity (Wildman–Crippen MR) is 72.2 cm³/mol. The van der Waals surface area contributed by atoms with Crippen molar-refractivity contribution in [2.45, 2.75) is 77.4 Å². The van der Waals surface area contributed by atoms with Crippen molar-refractivity contribution in [1.82, 2.24) is 5.32 Å². The van der Waals surface area contributed by atoms with Crippen LogP contribution in [-0.4, -0.2) is 24.8 Å². The second-order valence-corrected chi connectivity index (χ2v) is 7.05. The average Bonchev–Trinajstić information content (AvgIpc) is 2.26. The van der Waals surface area contributed by atoms with E-state index in [4.69, 9.17) is 4.74 Å². The van der Waals surface area contributed by atoms with Crippen LogP contribution in [0.3, 0.4) is 0 Å². The lowest BCUT2D eigenvalue weighted by molar-refractivity contribution is -0.0641. The maximum atomic E-state index is 5.77. The van der Waals surface area contributed by atoms with Gasteiger partial charge in [-0.1, -0.05) is 26.2 Å². The third-order valence-corrected chi connectivity index (χ3v) is 4.58. The van der Waals surface area contributed by atoms with Gasteiger partial charge in [0.2, 0.25) is 0 Å². The van der Waals surface area contributed by atoms with Gasteiger partial charge in [-0.25, -0.2) is 0 Å². The van der Waals surface area contributed by atoms with Gasteiger partial charge in [0.25, 0.3) is 0 Å². The highest BCUT2D eigenvalue weighted by Crippen LogP contribution is 2.35. The molecule has 0 amide bonds. The van der Waals surface area contributed by atoms with Crippen molar-refractivity contribution < 1.29 is 4.74 Å². The van der Waals surface area contributed by atoms with Crippen molar-refractivity contribution in [3.05, 3.63) is 0 Å². The van der Waals surface area contributed by atoms with Gasteiger partial charge in [0.15, 0.2) is 0 Å². The Hall–Kier alpha value is -0.0800. The number of ether oxygens (including phenoxy) is 1. The van der Waals surface area contributed by atoms with Crippen LogP contribution in [0.5, 0.6) is 0 Å². The lowest BCUT2D eigenvalue weighted by Gasteiger charge is -2.39. The molecule has 1 aliphatic carbocycles. The van der Waals surface area contributed by atoms with Gasteiger partial charge in [0.05, 0.1) is 5.60 Å². The number of hydrogen-bond donors (Lipinski definition) is 1. The molecule has 0 aromatic rings. The van der Waals surface area contributed by atoms with Gasteiger partial charge in [0, 0.05) is 19.2 Å². The van der Waals surface area contributed by atoms with Crippen LogP contribution >= 0.6 is 0 Å². The zero-order valence-corrected chi connectivity index (χ0v) is 11.8. The minimum atomic E-state index is 0.0728. The highest BCUT2D eigenvalue weighted by molar-refractivity contribution is 4.86. The van der Waals surface area contributed by atoms with E-state index in [-0.39, 0.29) is 5.60 Å². The fourth-order valence-corrected chi connectivity index (χ4v) is 3.38. The molecule has 0 bridgehead atoms. The molecule has 0 aromatic carbocycles. The molecular weight excluding hydrogens is 210 g/mol. The predicted octanol–water partition coefficient (Wildman–Crippen LogP) is 3.50. The molecule has 1 atom stereocenters. The second kappa shape index (κ2) is 5.27. The van der Waals surface area contributed by atoms with Gasteiger partial charge in [-0.2, -0.15) is 0 Å². The molecule has 2 fully saturated rings. The van der Waals surface area contributed by atoms with Crippen LogP contribution < -0.4 is 5.32 Å². The van der Waals surface area contributed by atoms with Gasteiger partial charge in [-0.05, 0) is 44.9 Å². The van der Waals surface area contributed by atoms with E-state index >= 15 is 0 Å². The smallest absolute Gasteiger partial charge is 0.0641 e. The quantitative estimate of drug-likeness (QED) is 0.814. The maximum absolute atomic E-state index is 5.77. The summed E-state index contributed by atoms with van der Waals surface area (Å²) >= 11 is 0. The summed E-state index contributed by atoms with van der Waals surface area (Å²) in [7, 11) is 0. The normalized spacial score (nSPS) is 32.3. The van der Waals surface area contributed by atoms with E-state index in [1.165, 1.54) is 45.1 Å². The third-order valence-electron chi connectivity index (χ3n) is 4.58. The van der Waals surface area contributed by atoms with Gasteiger partial charge in [-0.15, -0.1) is 0 Å². The van der Waals surface area contributed by atoms with Gasteiger partial charge >= 0.3 is 0 Å². The molecule has 1 aliphatic heterocycles. The summed E-state index contributed by atoms with van der Waals surface area (Å²) in [6.07, 6.45) is 9.45. The molecule has 1 N–H and O–H groups in total. The summed E-state index contributed by atoms with van der Waals surface area (Å²) in [5.41, 5.74) is 0.629. The van der Waals surface area contributed by atoms with Gasteiger partial charge < -0.3 is 10.1 Å². The fraction of sp³-hybridized carbons (Fsp3) is 1.00. The van der Waals surface area contributed by atoms with Crippen LogP contribution in [0.2, 0.25) is 0 Å². The Morgan fingerprint density at radius 1 is 1.12 bits per heavy atom. The summed E-state index contributed by atoms with van der Waals surface area (Å²) in [6, 6.07) is 0.664. The molecule has 0 radical (unpaired) electrons. The lowest BCUT2D eigenvalue weighted by Crippen LogP contribution is -2.47. The van der Waals surface area contributed by atoms with Crippen LogP contribution in [-0.2, 0) is 4.74 Å². The topological polar surface area (TPSA) is 21.3 Å². The molecule has 1 saturated carbocycles. The SMILES string of the molecule is CC1(CNC2CCOC(C)(C)C2)CCCCC1. The van der Waals surface area contributed by atoms with Crippen LogP contribution in [0.15, 0.2) is 0 Å². The van der Waals surface area contributed by atoms with E-state index in [1.807, 2.05) is 0 Å². The molecule has 2 heteroatoms. The molecular formula is C15H29NO. The minimum absolute atomic E-state index is 0.0728.